The van der Waals surface area contributed by atoms with Gasteiger partial charge in [0.2, 0.25) is 0 Å². The van der Waals surface area contributed by atoms with Gasteiger partial charge in [-0.1, -0.05) is 6.92 Å². The van der Waals surface area contributed by atoms with Gasteiger partial charge in [-0.25, -0.2) is 0 Å². The van der Waals surface area contributed by atoms with E-state index in [-0.39, 0.29) is 12.2 Å². The number of ketones is 1. The smallest absolute Gasteiger partial charge is 0.163 e. The van der Waals surface area contributed by atoms with Crippen LogP contribution in [0.25, 0.3) is 0 Å². The molecule has 2 atom stereocenters. The molecule has 9 heavy (non-hydrogen) atoms. The zero-order chi connectivity index (χ0) is 7.44. The van der Waals surface area contributed by atoms with E-state index in [1.165, 1.54) is 6.92 Å². The van der Waals surface area contributed by atoms with Crippen molar-refractivity contribution in [2.75, 3.05) is 0 Å². The van der Waals surface area contributed by atoms with E-state index in [0.29, 0.717) is 0 Å². The summed E-state index contributed by atoms with van der Waals surface area (Å²) in [4.78, 5) is 10.5. The van der Waals surface area contributed by atoms with Gasteiger partial charge in [-0.2, -0.15) is 0 Å². The summed E-state index contributed by atoms with van der Waals surface area (Å²) < 4.78 is 0. The fourth-order valence-electron chi connectivity index (χ4n) is 0.478. The predicted octanol–water partition coefficient (Wildman–Crippen LogP) is -0.293. The van der Waals surface area contributed by atoms with Crippen molar-refractivity contribution < 1.29 is 15.0 Å². The van der Waals surface area contributed by atoms with Gasteiger partial charge >= 0.3 is 0 Å². The molecule has 0 rings (SSSR count). The van der Waals surface area contributed by atoms with Crippen molar-refractivity contribution in [3.63, 3.8) is 0 Å². The number of rotatable bonds is 3. The highest BCUT2D eigenvalue weighted by Crippen LogP contribution is 1.95. The standard InChI is InChI=1S/C6H12O3/c1-3-5(8)6(9)4(2)7/h4,6-7,9H,3H2,1-2H3/t4-,6-/m0/s1. The van der Waals surface area contributed by atoms with Crippen LogP contribution in [0.4, 0.5) is 0 Å². The second kappa shape index (κ2) is 3.58. The van der Waals surface area contributed by atoms with Crippen molar-refractivity contribution in [1.29, 1.82) is 0 Å². The van der Waals surface area contributed by atoms with Crippen LogP contribution >= 0.6 is 0 Å². The fraction of sp³-hybridized carbons (Fsp3) is 0.833. The number of Topliss-reactive ketones (excluding diaryl/α,β-unsaturated/α-hetero) is 1. The SMILES string of the molecule is CCC(=O)[C@@H](O)[C@H](C)O. The molecule has 0 aromatic heterocycles. The Bertz CT molecular complexity index is 98.5. The third-order valence-electron chi connectivity index (χ3n) is 1.14. The first-order chi connectivity index (χ1) is 4.09. The van der Waals surface area contributed by atoms with E-state index in [4.69, 9.17) is 10.2 Å². The van der Waals surface area contributed by atoms with Crippen LogP contribution in [0.5, 0.6) is 0 Å². The molecule has 0 fully saturated rings. The number of aliphatic hydroxyl groups excluding tert-OH is 2. The second-order valence-electron chi connectivity index (χ2n) is 2.01. The van der Waals surface area contributed by atoms with Crippen LogP contribution in [0, 0.1) is 0 Å². The molecule has 0 amide bonds. The van der Waals surface area contributed by atoms with Crippen LogP contribution in [-0.4, -0.2) is 28.2 Å². The Balaban J connectivity index is 3.72. The van der Waals surface area contributed by atoms with Gasteiger partial charge in [0.05, 0.1) is 6.10 Å². The number of carbonyl (C=O) groups excluding carboxylic acids is 1. The highest BCUT2D eigenvalue weighted by molar-refractivity contribution is 5.82. The predicted molar refractivity (Wildman–Crippen MR) is 33.0 cm³/mol. The Morgan fingerprint density at radius 2 is 2.00 bits per heavy atom. The van der Waals surface area contributed by atoms with Gasteiger partial charge in [0.15, 0.2) is 5.78 Å². The normalized spacial score (nSPS) is 16.9. The van der Waals surface area contributed by atoms with Crippen molar-refractivity contribution in [2.24, 2.45) is 0 Å². The summed E-state index contributed by atoms with van der Waals surface area (Å²) in [6.07, 6.45) is -1.88. The largest absolute Gasteiger partial charge is 0.390 e. The molecule has 0 aliphatic heterocycles. The van der Waals surface area contributed by atoms with Gasteiger partial charge in [0, 0.05) is 6.42 Å². The molecule has 2 N–H and O–H groups in total. The zero-order valence-electron chi connectivity index (χ0n) is 5.66. The van der Waals surface area contributed by atoms with E-state index in [0.717, 1.165) is 0 Å². The number of hydrogen-bond donors (Lipinski definition) is 2. The summed E-state index contributed by atoms with van der Waals surface area (Å²) in [7, 11) is 0. The zero-order valence-corrected chi connectivity index (χ0v) is 5.66. The Kier molecular flexibility index (Phi) is 3.42. The van der Waals surface area contributed by atoms with Crippen LogP contribution in [-0.2, 0) is 4.79 Å². The van der Waals surface area contributed by atoms with Crippen LogP contribution in [0.15, 0.2) is 0 Å². The Morgan fingerprint density at radius 1 is 1.56 bits per heavy atom. The summed E-state index contributed by atoms with van der Waals surface area (Å²) in [5.74, 6) is -0.315. The van der Waals surface area contributed by atoms with Crippen LogP contribution in [0.3, 0.4) is 0 Å². The minimum atomic E-state index is -1.20. The molecule has 0 heterocycles. The average Bonchev–Trinajstić information content (AvgIpc) is 1.84. The van der Waals surface area contributed by atoms with Gasteiger partial charge in [0.25, 0.3) is 0 Å². The van der Waals surface area contributed by atoms with E-state index in [1.54, 1.807) is 6.92 Å². The summed E-state index contributed by atoms with van der Waals surface area (Å²) in [5.41, 5.74) is 0. The first kappa shape index (κ1) is 8.59. The summed E-state index contributed by atoms with van der Waals surface area (Å²) >= 11 is 0. The van der Waals surface area contributed by atoms with Crippen LogP contribution in [0.2, 0.25) is 0 Å². The van der Waals surface area contributed by atoms with Crippen molar-refractivity contribution in [2.45, 2.75) is 32.5 Å². The number of hydrogen-bond acceptors (Lipinski definition) is 3. The highest BCUT2D eigenvalue weighted by Gasteiger charge is 2.17. The summed E-state index contributed by atoms with van der Waals surface area (Å²) in [5, 5.41) is 17.4. The molecule has 0 aromatic carbocycles. The molecule has 0 aliphatic rings. The Labute approximate surface area is 54.3 Å². The first-order valence-corrected chi connectivity index (χ1v) is 2.98. The molecular weight excluding hydrogens is 120 g/mol. The maximum atomic E-state index is 10.5. The maximum absolute atomic E-state index is 10.5. The lowest BCUT2D eigenvalue weighted by molar-refractivity contribution is -0.131. The molecule has 3 heteroatoms. The van der Waals surface area contributed by atoms with Gasteiger partial charge in [0.1, 0.15) is 6.10 Å². The molecule has 0 aromatic rings. The molecule has 54 valence electrons. The molecule has 0 spiro atoms. The van der Waals surface area contributed by atoms with E-state index < -0.39 is 12.2 Å². The maximum Gasteiger partial charge on any atom is 0.163 e. The van der Waals surface area contributed by atoms with Crippen LogP contribution < -0.4 is 0 Å². The third kappa shape index (κ3) is 2.58. The Morgan fingerprint density at radius 3 is 2.11 bits per heavy atom. The molecule has 0 unspecified atom stereocenters. The number of carbonyl (C=O) groups is 1. The lowest BCUT2D eigenvalue weighted by Gasteiger charge is -2.09. The fourth-order valence-corrected chi connectivity index (χ4v) is 0.478. The lowest BCUT2D eigenvalue weighted by atomic mass is 10.1. The van der Waals surface area contributed by atoms with Crippen molar-refractivity contribution in [3.8, 4) is 0 Å². The molecule has 0 saturated heterocycles. The molecule has 0 aliphatic carbocycles. The van der Waals surface area contributed by atoms with Gasteiger partial charge in [-0.3, -0.25) is 4.79 Å². The molecule has 0 radical (unpaired) electrons. The Hall–Kier alpha value is -0.410. The summed E-state index contributed by atoms with van der Waals surface area (Å²) in [6, 6.07) is 0. The minimum Gasteiger partial charge on any atom is -0.390 e. The highest BCUT2D eigenvalue weighted by atomic mass is 16.3. The van der Waals surface area contributed by atoms with E-state index in [2.05, 4.69) is 0 Å². The first-order valence-electron chi connectivity index (χ1n) is 2.98. The van der Waals surface area contributed by atoms with Crippen LogP contribution in [0.1, 0.15) is 20.3 Å². The quantitative estimate of drug-likeness (QED) is 0.554. The molecular formula is C6H12O3. The van der Waals surface area contributed by atoms with E-state index >= 15 is 0 Å². The van der Waals surface area contributed by atoms with Crippen molar-refractivity contribution in [1.82, 2.24) is 0 Å². The lowest BCUT2D eigenvalue weighted by Crippen LogP contribution is -2.30. The molecule has 0 saturated carbocycles. The van der Waals surface area contributed by atoms with E-state index in [1.807, 2.05) is 0 Å². The topological polar surface area (TPSA) is 57.5 Å². The second-order valence-corrected chi connectivity index (χ2v) is 2.01. The monoisotopic (exact) mass is 132 g/mol. The van der Waals surface area contributed by atoms with Gasteiger partial charge in [-0.15, -0.1) is 0 Å². The minimum absolute atomic E-state index is 0.270. The van der Waals surface area contributed by atoms with Gasteiger partial charge < -0.3 is 10.2 Å². The van der Waals surface area contributed by atoms with Crippen molar-refractivity contribution >= 4 is 5.78 Å². The van der Waals surface area contributed by atoms with Gasteiger partial charge in [-0.05, 0) is 6.92 Å². The summed E-state index contributed by atoms with van der Waals surface area (Å²) in [6.45, 7) is 3.03. The average molecular weight is 132 g/mol. The number of aliphatic hydroxyl groups is 2. The molecule has 3 nitrogen and oxygen atoms in total. The van der Waals surface area contributed by atoms with Crippen molar-refractivity contribution in [3.05, 3.63) is 0 Å². The third-order valence-corrected chi connectivity index (χ3v) is 1.14. The molecule has 0 bridgehead atoms. The van der Waals surface area contributed by atoms with E-state index in [9.17, 15) is 4.79 Å².